The number of benzene rings is 1. The van der Waals surface area contributed by atoms with Crippen molar-refractivity contribution in [3.8, 4) is 5.82 Å². The van der Waals surface area contributed by atoms with E-state index in [-0.39, 0.29) is 5.91 Å². The molecular weight excluding hydrogens is 350 g/mol. The summed E-state index contributed by atoms with van der Waals surface area (Å²) in [6.45, 7) is 4.13. The van der Waals surface area contributed by atoms with E-state index in [1.807, 2.05) is 59.2 Å². The van der Waals surface area contributed by atoms with Crippen LogP contribution in [0.25, 0.3) is 11.9 Å². The molecule has 6 heteroatoms. The molecule has 0 saturated carbocycles. The van der Waals surface area contributed by atoms with E-state index < -0.39 is 0 Å². The van der Waals surface area contributed by atoms with Crippen molar-refractivity contribution in [2.45, 2.75) is 0 Å². The zero-order chi connectivity index (χ0) is 19.3. The van der Waals surface area contributed by atoms with Crippen LogP contribution in [0, 0.1) is 0 Å². The van der Waals surface area contributed by atoms with E-state index in [0.29, 0.717) is 5.56 Å². The molecule has 0 N–H and O–H groups in total. The van der Waals surface area contributed by atoms with E-state index in [9.17, 15) is 4.79 Å². The summed E-state index contributed by atoms with van der Waals surface area (Å²) in [4.78, 5) is 17.4. The van der Waals surface area contributed by atoms with Crippen molar-refractivity contribution in [1.82, 2.24) is 24.1 Å². The van der Waals surface area contributed by atoms with Crippen molar-refractivity contribution < 1.29 is 4.79 Å². The lowest BCUT2D eigenvalue weighted by molar-refractivity contribution is 0.0650. The highest BCUT2D eigenvalue weighted by molar-refractivity contribution is 5.97. The maximum Gasteiger partial charge on any atom is 0.259 e. The zero-order valence-electron chi connectivity index (χ0n) is 16.1. The maximum absolute atomic E-state index is 13.1. The summed E-state index contributed by atoms with van der Waals surface area (Å²) in [5, 5.41) is 4.30. The highest BCUT2D eigenvalue weighted by Gasteiger charge is 2.25. The smallest absolute Gasteiger partial charge is 0.259 e. The number of aromatic nitrogens is 3. The average molecular weight is 375 g/mol. The number of hydrogen-bond acceptors (Lipinski definition) is 3. The van der Waals surface area contributed by atoms with Gasteiger partial charge >= 0.3 is 0 Å². The molecule has 1 saturated heterocycles. The van der Waals surface area contributed by atoms with Gasteiger partial charge in [0.1, 0.15) is 11.4 Å². The first kappa shape index (κ1) is 18.3. The van der Waals surface area contributed by atoms with E-state index in [2.05, 4.69) is 34.3 Å². The molecule has 28 heavy (non-hydrogen) atoms. The Bertz CT molecular complexity index is 935. The molecule has 0 unspecified atom stereocenters. The van der Waals surface area contributed by atoms with Crippen LogP contribution in [0.5, 0.6) is 0 Å². The van der Waals surface area contributed by atoms with Crippen LogP contribution in [0.4, 0.5) is 0 Å². The third kappa shape index (κ3) is 3.92. The first-order valence-corrected chi connectivity index (χ1v) is 9.61. The van der Waals surface area contributed by atoms with Gasteiger partial charge in [-0.1, -0.05) is 42.5 Å². The van der Waals surface area contributed by atoms with E-state index >= 15 is 0 Å². The van der Waals surface area contributed by atoms with E-state index in [4.69, 9.17) is 0 Å². The molecule has 2 aromatic heterocycles. The zero-order valence-corrected chi connectivity index (χ0v) is 16.1. The van der Waals surface area contributed by atoms with Crippen molar-refractivity contribution in [2.24, 2.45) is 7.05 Å². The standard InChI is InChI=1S/C22H25N5O/c1-24-21(26-12-5-6-13-26)20(18-23-24)22(28)27-16-14-25(15-17-27)11-7-10-19-8-3-2-4-9-19/h2-10,12-13,18H,11,14-17H2,1H3. The first-order valence-electron chi connectivity index (χ1n) is 9.61. The second-order valence-electron chi connectivity index (χ2n) is 7.00. The third-order valence-corrected chi connectivity index (χ3v) is 5.12. The van der Waals surface area contributed by atoms with Gasteiger partial charge < -0.3 is 9.47 Å². The van der Waals surface area contributed by atoms with E-state index in [1.165, 1.54) is 5.56 Å². The summed E-state index contributed by atoms with van der Waals surface area (Å²) in [5.74, 6) is 0.861. The number of amides is 1. The van der Waals surface area contributed by atoms with Crippen molar-refractivity contribution >= 4 is 12.0 Å². The van der Waals surface area contributed by atoms with Gasteiger partial charge in [0.2, 0.25) is 0 Å². The van der Waals surface area contributed by atoms with Crippen LogP contribution in [0.1, 0.15) is 15.9 Å². The molecular formula is C22H25N5O. The van der Waals surface area contributed by atoms with Gasteiger partial charge in [-0.25, -0.2) is 0 Å². The first-order chi connectivity index (χ1) is 13.7. The number of hydrogen-bond donors (Lipinski definition) is 0. The number of nitrogens with zero attached hydrogens (tertiary/aromatic N) is 5. The van der Waals surface area contributed by atoms with Gasteiger partial charge in [0.05, 0.1) is 6.20 Å². The van der Waals surface area contributed by atoms with Gasteiger partial charge in [-0.05, 0) is 17.7 Å². The lowest BCUT2D eigenvalue weighted by Crippen LogP contribution is -2.48. The van der Waals surface area contributed by atoms with Gasteiger partial charge in [-0.2, -0.15) is 5.10 Å². The molecule has 0 aliphatic carbocycles. The summed E-state index contributed by atoms with van der Waals surface area (Å²) in [7, 11) is 1.86. The van der Waals surface area contributed by atoms with Crippen molar-refractivity contribution in [2.75, 3.05) is 32.7 Å². The molecule has 1 aliphatic rings. The second kappa shape index (κ2) is 8.27. The minimum atomic E-state index is 0.0521. The molecule has 3 heterocycles. The van der Waals surface area contributed by atoms with E-state index in [0.717, 1.165) is 38.5 Å². The summed E-state index contributed by atoms with van der Waals surface area (Å²) in [6, 6.07) is 14.2. The monoisotopic (exact) mass is 375 g/mol. The average Bonchev–Trinajstić information content (AvgIpc) is 3.38. The van der Waals surface area contributed by atoms with Crippen LogP contribution in [-0.4, -0.2) is 62.8 Å². The Balaban J connectivity index is 1.36. The Morgan fingerprint density at radius 2 is 1.75 bits per heavy atom. The van der Waals surface area contributed by atoms with Crippen molar-refractivity contribution in [3.05, 3.63) is 78.3 Å². The van der Waals surface area contributed by atoms with Gasteiger partial charge in [0, 0.05) is 52.2 Å². The SMILES string of the molecule is Cn1ncc(C(=O)N2CCN(CC=Cc3ccccc3)CC2)c1-n1cccc1. The largest absolute Gasteiger partial charge is 0.336 e. The maximum atomic E-state index is 13.1. The Labute approximate surface area is 165 Å². The third-order valence-electron chi connectivity index (χ3n) is 5.12. The normalized spacial score (nSPS) is 15.4. The minimum Gasteiger partial charge on any atom is -0.336 e. The molecule has 144 valence electrons. The summed E-state index contributed by atoms with van der Waals surface area (Å²) in [6.07, 6.45) is 9.89. The molecule has 0 spiro atoms. The minimum absolute atomic E-state index is 0.0521. The summed E-state index contributed by atoms with van der Waals surface area (Å²) in [5.41, 5.74) is 1.86. The Morgan fingerprint density at radius 3 is 2.46 bits per heavy atom. The number of rotatable bonds is 5. The Kier molecular flexibility index (Phi) is 5.39. The highest BCUT2D eigenvalue weighted by atomic mass is 16.2. The van der Waals surface area contributed by atoms with Crippen LogP contribution in [-0.2, 0) is 7.05 Å². The fraction of sp³-hybridized carbons (Fsp3) is 0.273. The summed E-state index contributed by atoms with van der Waals surface area (Å²) < 4.78 is 3.68. The summed E-state index contributed by atoms with van der Waals surface area (Å²) >= 11 is 0. The fourth-order valence-electron chi connectivity index (χ4n) is 3.57. The Morgan fingerprint density at radius 1 is 1.04 bits per heavy atom. The molecule has 1 amide bonds. The molecule has 6 nitrogen and oxygen atoms in total. The van der Waals surface area contributed by atoms with Gasteiger partial charge in [0.25, 0.3) is 5.91 Å². The number of carbonyl (C=O) groups excluding carboxylic acids is 1. The van der Waals surface area contributed by atoms with Crippen LogP contribution in [0.3, 0.4) is 0 Å². The molecule has 1 aromatic carbocycles. The van der Waals surface area contributed by atoms with Crippen molar-refractivity contribution in [3.63, 3.8) is 0 Å². The number of aryl methyl sites for hydroxylation is 1. The van der Waals surface area contributed by atoms with Gasteiger partial charge in [0.15, 0.2) is 0 Å². The van der Waals surface area contributed by atoms with Gasteiger partial charge in [-0.15, -0.1) is 0 Å². The molecule has 1 fully saturated rings. The molecule has 1 aliphatic heterocycles. The molecule has 3 aromatic rings. The predicted molar refractivity (Wildman–Crippen MR) is 110 cm³/mol. The Hall–Kier alpha value is -3.12. The molecule has 0 bridgehead atoms. The van der Waals surface area contributed by atoms with Crippen LogP contribution in [0.15, 0.2) is 67.1 Å². The topological polar surface area (TPSA) is 46.3 Å². The van der Waals surface area contributed by atoms with Gasteiger partial charge in [-0.3, -0.25) is 14.4 Å². The number of piperazine rings is 1. The van der Waals surface area contributed by atoms with Crippen molar-refractivity contribution in [1.29, 1.82) is 0 Å². The lowest BCUT2D eigenvalue weighted by Gasteiger charge is -2.34. The second-order valence-corrected chi connectivity index (χ2v) is 7.00. The van der Waals surface area contributed by atoms with Crippen LogP contribution < -0.4 is 0 Å². The van der Waals surface area contributed by atoms with Crippen LogP contribution in [0.2, 0.25) is 0 Å². The molecule has 4 rings (SSSR count). The quantitative estimate of drug-likeness (QED) is 0.689. The fourth-order valence-corrected chi connectivity index (χ4v) is 3.57. The molecule has 0 radical (unpaired) electrons. The predicted octanol–water partition coefficient (Wildman–Crippen LogP) is 2.68. The van der Waals surface area contributed by atoms with Crippen LogP contribution >= 0.6 is 0 Å². The molecule has 0 atom stereocenters. The number of carbonyl (C=O) groups is 1. The lowest BCUT2D eigenvalue weighted by atomic mass is 10.2. The van der Waals surface area contributed by atoms with E-state index in [1.54, 1.807) is 10.9 Å². The highest BCUT2D eigenvalue weighted by Crippen LogP contribution is 2.17.